The molecule has 4 rings (SSSR count). The third-order valence-electron chi connectivity index (χ3n) is 4.52. The highest BCUT2D eigenvalue weighted by Gasteiger charge is 2.34. The molecule has 0 saturated carbocycles. The van der Waals surface area contributed by atoms with Crippen molar-refractivity contribution in [3.8, 4) is 11.4 Å². The maximum atomic E-state index is 13.1. The Labute approximate surface area is 172 Å². The van der Waals surface area contributed by atoms with Crippen molar-refractivity contribution in [1.82, 2.24) is 14.5 Å². The molecule has 0 saturated heterocycles. The maximum Gasteiger partial charge on any atom is 0.421 e. The first-order valence-electron chi connectivity index (χ1n) is 9.03. The zero-order valence-electron chi connectivity index (χ0n) is 15.7. The van der Waals surface area contributed by atoms with E-state index in [-0.39, 0.29) is 5.82 Å². The summed E-state index contributed by atoms with van der Waals surface area (Å²) in [5, 5.41) is 2.55. The number of nitrogens with one attached hydrogen (secondary N) is 2. The number of pyridine rings is 1. The van der Waals surface area contributed by atoms with Gasteiger partial charge in [0.05, 0.1) is 11.0 Å². The van der Waals surface area contributed by atoms with Crippen LogP contribution in [0.5, 0.6) is 0 Å². The minimum absolute atomic E-state index is 0.367. The van der Waals surface area contributed by atoms with Crippen LogP contribution in [0, 0.1) is 5.82 Å². The second-order valence-electron chi connectivity index (χ2n) is 6.73. The highest BCUT2D eigenvalue weighted by Crippen LogP contribution is 2.26. The molecule has 0 bridgehead atoms. The number of aromatic nitrogens is 3. The molecule has 0 aliphatic rings. The van der Waals surface area contributed by atoms with E-state index in [4.69, 9.17) is 0 Å². The van der Waals surface area contributed by atoms with Crippen molar-refractivity contribution in [3.63, 3.8) is 0 Å². The summed E-state index contributed by atoms with van der Waals surface area (Å²) in [6.45, 7) is -0.579. The standard InChI is InChI=1S/C21H14F4N4O2/c22-13-5-3-12(4-6-13)19-27-16-8-7-14(10-17(16)28-19)26-18(30)11-29-9-1-2-15(20(29)31)21(23,24)25/h1-10H,11H2,(H,26,30)(H,27,28). The van der Waals surface area contributed by atoms with Gasteiger partial charge in [-0.05, 0) is 54.6 Å². The third kappa shape index (κ3) is 4.32. The minimum atomic E-state index is -4.80. The molecule has 0 radical (unpaired) electrons. The van der Waals surface area contributed by atoms with Crippen LogP contribution >= 0.6 is 0 Å². The number of H-pyrrole nitrogens is 1. The fourth-order valence-electron chi connectivity index (χ4n) is 3.06. The number of rotatable bonds is 4. The van der Waals surface area contributed by atoms with Crippen LogP contribution in [0.2, 0.25) is 0 Å². The lowest BCUT2D eigenvalue weighted by atomic mass is 10.2. The number of carbonyl (C=O) groups excluding carboxylic acids is 1. The van der Waals surface area contributed by atoms with Crippen LogP contribution in [0.1, 0.15) is 5.56 Å². The molecule has 2 N–H and O–H groups in total. The SMILES string of the molecule is O=C(Cn1cccc(C(F)(F)F)c1=O)Nc1ccc2nc(-c3ccc(F)cc3)[nH]c2c1. The number of nitrogens with zero attached hydrogens (tertiary/aromatic N) is 2. The Morgan fingerprint density at radius 3 is 2.55 bits per heavy atom. The number of aromatic amines is 1. The predicted octanol–water partition coefficient (Wildman–Crippen LogP) is 4.19. The van der Waals surface area contributed by atoms with Gasteiger partial charge in [0.2, 0.25) is 5.91 Å². The number of hydrogen-bond acceptors (Lipinski definition) is 3. The fourth-order valence-corrected chi connectivity index (χ4v) is 3.06. The summed E-state index contributed by atoms with van der Waals surface area (Å²) in [7, 11) is 0. The number of fused-ring (bicyclic) bond motifs is 1. The number of carbonyl (C=O) groups is 1. The second-order valence-corrected chi connectivity index (χ2v) is 6.73. The van der Waals surface area contributed by atoms with Crippen molar-refractivity contribution in [2.24, 2.45) is 0 Å². The van der Waals surface area contributed by atoms with Crippen LogP contribution in [-0.2, 0) is 17.5 Å². The van der Waals surface area contributed by atoms with E-state index in [0.717, 1.165) is 12.3 Å². The number of imidazole rings is 1. The number of benzene rings is 2. The van der Waals surface area contributed by atoms with Crippen molar-refractivity contribution < 1.29 is 22.4 Å². The molecular formula is C21H14F4N4O2. The van der Waals surface area contributed by atoms with Gasteiger partial charge in [-0.3, -0.25) is 9.59 Å². The number of anilines is 1. The van der Waals surface area contributed by atoms with Crippen LogP contribution in [-0.4, -0.2) is 20.4 Å². The number of halogens is 4. The van der Waals surface area contributed by atoms with Crippen molar-refractivity contribution in [1.29, 1.82) is 0 Å². The smallest absolute Gasteiger partial charge is 0.338 e. The summed E-state index contributed by atoms with van der Waals surface area (Å²) in [4.78, 5) is 31.7. The normalized spacial score (nSPS) is 11.6. The van der Waals surface area contributed by atoms with Crippen LogP contribution < -0.4 is 10.9 Å². The largest absolute Gasteiger partial charge is 0.421 e. The summed E-state index contributed by atoms with van der Waals surface area (Å²) >= 11 is 0. The van der Waals surface area contributed by atoms with Gasteiger partial charge in [0.15, 0.2) is 0 Å². The molecule has 0 aliphatic carbocycles. The molecule has 6 nitrogen and oxygen atoms in total. The van der Waals surface area contributed by atoms with E-state index >= 15 is 0 Å². The Kier molecular flexibility index (Phi) is 5.05. The topological polar surface area (TPSA) is 79.8 Å². The van der Waals surface area contributed by atoms with Gasteiger partial charge in [-0.15, -0.1) is 0 Å². The highest BCUT2D eigenvalue weighted by atomic mass is 19.4. The second kappa shape index (κ2) is 7.71. The number of amides is 1. The molecule has 0 unspecified atom stereocenters. The van der Waals surface area contributed by atoms with E-state index < -0.39 is 29.8 Å². The molecule has 2 aromatic carbocycles. The van der Waals surface area contributed by atoms with E-state index in [2.05, 4.69) is 15.3 Å². The molecule has 4 aromatic rings. The Hall–Kier alpha value is -3.95. The molecule has 0 spiro atoms. The van der Waals surface area contributed by atoms with Crippen LogP contribution in [0.15, 0.2) is 65.6 Å². The molecule has 158 valence electrons. The zero-order chi connectivity index (χ0) is 22.2. The maximum absolute atomic E-state index is 13.1. The first-order chi connectivity index (χ1) is 14.7. The molecule has 0 atom stereocenters. The van der Waals surface area contributed by atoms with Crippen molar-refractivity contribution in [2.75, 3.05) is 5.32 Å². The van der Waals surface area contributed by atoms with Gasteiger partial charge < -0.3 is 14.9 Å². The predicted molar refractivity (Wildman–Crippen MR) is 106 cm³/mol. The Bertz CT molecular complexity index is 1320. The number of hydrogen-bond donors (Lipinski definition) is 2. The third-order valence-corrected chi connectivity index (χ3v) is 4.52. The summed E-state index contributed by atoms with van der Waals surface area (Å²) in [5.74, 6) is -0.530. The van der Waals surface area contributed by atoms with Crippen LogP contribution in [0.3, 0.4) is 0 Å². The summed E-state index contributed by atoms with van der Waals surface area (Å²) in [5.41, 5.74) is -0.396. The van der Waals surface area contributed by atoms with Crippen LogP contribution in [0.25, 0.3) is 22.4 Å². The molecule has 0 fully saturated rings. The molecule has 1 amide bonds. The lowest BCUT2D eigenvalue weighted by Crippen LogP contribution is -2.31. The lowest BCUT2D eigenvalue weighted by Gasteiger charge is -2.10. The average Bonchev–Trinajstić information content (AvgIpc) is 3.12. The summed E-state index contributed by atoms with van der Waals surface area (Å²) in [6.07, 6.45) is -3.69. The molecule has 10 heteroatoms. The Morgan fingerprint density at radius 2 is 1.84 bits per heavy atom. The monoisotopic (exact) mass is 430 g/mol. The van der Waals surface area contributed by atoms with E-state index in [1.165, 1.54) is 12.1 Å². The first-order valence-corrected chi connectivity index (χ1v) is 9.03. The zero-order valence-corrected chi connectivity index (χ0v) is 15.7. The van der Waals surface area contributed by atoms with E-state index in [1.54, 1.807) is 30.3 Å². The van der Waals surface area contributed by atoms with Gasteiger partial charge in [-0.25, -0.2) is 9.37 Å². The average molecular weight is 430 g/mol. The van der Waals surface area contributed by atoms with Gasteiger partial charge in [-0.2, -0.15) is 13.2 Å². The Balaban J connectivity index is 1.53. The van der Waals surface area contributed by atoms with Crippen molar-refractivity contribution in [3.05, 3.63) is 82.5 Å². The van der Waals surface area contributed by atoms with Crippen LogP contribution in [0.4, 0.5) is 23.2 Å². The van der Waals surface area contributed by atoms with E-state index in [9.17, 15) is 27.2 Å². The van der Waals surface area contributed by atoms with Gasteiger partial charge in [0.1, 0.15) is 23.7 Å². The van der Waals surface area contributed by atoms with Gasteiger partial charge in [0.25, 0.3) is 5.56 Å². The minimum Gasteiger partial charge on any atom is -0.338 e. The Morgan fingerprint density at radius 1 is 1.10 bits per heavy atom. The molecular weight excluding hydrogens is 416 g/mol. The van der Waals surface area contributed by atoms with E-state index in [0.29, 0.717) is 38.7 Å². The van der Waals surface area contributed by atoms with Gasteiger partial charge in [0, 0.05) is 17.4 Å². The number of alkyl halides is 3. The summed E-state index contributed by atoms with van der Waals surface area (Å²) < 4.78 is 52.4. The molecule has 0 aliphatic heterocycles. The van der Waals surface area contributed by atoms with Crippen molar-refractivity contribution in [2.45, 2.75) is 12.7 Å². The van der Waals surface area contributed by atoms with Gasteiger partial charge >= 0.3 is 6.18 Å². The molecule has 2 heterocycles. The summed E-state index contributed by atoms with van der Waals surface area (Å²) in [6, 6.07) is 12.3. The van der Waals surface area contributed by atoms with Gasteiger partial charge in [-0.1, -0.05) is 0 Å². The first kappa shape index (κ1) is 20.3. The molecule has 31 heavy (non-hydrogen) atoms. The fraction of sp³-hybridized carbons (Fsp3) is 0.0952. The lowest BCUT2D eigenvalue weighted by molar-refractivity contribution is -0.139. The van der Waals surface area contributed by atoms with E-state index in [1.807, 2.05) is 0 Å². The molecule has 2 aromatic heterocycles. The highest BCUT2D eigenvalue weighted by molar-refractivity contribution is 5.93. The quantitative estimate of drug-likeness (QED) is 0.477. The van der Waals surface area contributed by atoms with Crippen molar-refractivity contribution >= 4 is 22.6 Å².